The van der Waals surface area contributed by atoms with Crippen molar-refractivity contribution in [2.75, 3.05) is 7.11 Å². The molecule has 8 heteroatoms. The van der Waals surface area contributed by atoms with Crippen LogP contribution in [0.4, 0.5) is 0 Å². The SMILES string of the molecule is COc1cc(/C=C/C(=O)OCc2ccc(CON(O)O)cc2)ccc1O. The topological polar surface area (TPSA) is 109 Å². The molecule has 0 spiro atoms. The number of benzene rings is 2. The summed E-state index contributed by atoms with van der Waals surface area (Å²) in [6, 6.07) is 11.6. The monoisotopic (exact) mass is 361 g/mol. The number of hydrogen-bond donors (Lipinski definition) is 3. The number of hydrogen-bond acceptors (Lipinski definition) is 8. The lowest BCUT2D eigenvalue weighted by atomic mass is 10.1. The third-order valence-corrected chi connectivity index (χ3v) is 3.37. The van der Waals surface area contributed by atoms with Gasteiger partial charge in [0.25, 0.3) is 0 Å². The van der Waals surface area contributed by atoms with Crippen molar-refractivity contribution in [3.05, 3.63) is 65.2 Å². The molecule has 0 aliphatic heterocycles. The van der Waals surface area contributed by atoms with E-state index < -0.39 is 5.97 Å². The van der Waals surface area contributed by atoms with Crippen LogP contribution in [0, 0.1) is 0 Å². The van der Waals surface area contributed by atoms with E-state index >= 15 is 0 Å². The minimum absolute atomic E-state index is 0.00804. The highest BCUT2D eigenvalue weighted by atomic mass is 17.1. The Morgan fingerprint density at radius 2 is 1.73 bits per heavy atom. The normalized spacial score (nSPS) is 11.1. The smallest absolute Gasteiger partial charge is 0.331 e. The first-order chi connectivity index (χ1) is 12.5. The van der Waals surface area contributed by atoms with Crippen LogP contribution in [0.1, 0.15) is 16.7 Å². The standard InChI is InChI=1S/C18H19NO7/c1-24-17-10-13(6-8-16(17)20)7-9-18(21)25-11-14-2-4-15(5-3-14)12-26-19(22)23/h2-10,20,22-23H,11-12H2,1H3/b9-7+. The van der Waals surface area contributed by atoms with E-state index in [0.29, 0.717) is 16.9 Å². The summed E-state index contributed by atoms with van der Waals surface area (Å²) in [5.41, 5.74) is 2.17. The Bertz CT molecular complexity index is 757. The maximum absolute atomic E-state index is 11.8. The van der Waals surface area contributed by atoms with Crippen LogP contribution < -0.4 is 4.74 Å². The molecule has 0 aliphatic rings. The van der Waals surface area contributed by atoms with Crippen LogP contribution in [0.3, 0.4) is 0 Å². The van der Waals surface area contributed by atoms with E-state index in [0.717, 1.165) is 5.56 Å². The number of carbonyl (C=O) groups is 1. The molecule has 2 aromatic carbocycles. The van der Waals surface area contributed by atoms with Crippen LogP contribution in [0.5, 0.6) is 11.5 Å². The molecule has 0 bridgehead atoms. The molecule has 2 rings (SSSR count). The molecule has 0 saturated carbocycles. The predicted molar refractivity (Wildman–Crippen MR) is 90.1 cm³/mol. The second kappa shape index (κ2) is 9.54. The van der Waals surface area contributed by atoms with Crippen molar-refractivity contribution in [3.63, 3.8) is 0 Å². The van der Waals surface area contributed by atoms with Gasteiger partial charge in [-0.2, -0.15) is 0 Å². The largest absolute Gasteiger partial charge is 0.504 e. The van der Waals surface area contributed by atoms with E-state index in [4.69, 9.17) is 19.9 Å². The summed E-state index contributed by atoms with van der Waals surface area (Å²) >= 11 is 0. The number of phenols is 1. The van der Waals surface area contributed by atoms with E-state index in [1.807, 2.05) is 0 Å². The van der Waals surface area contributed by atoms with Gasteiger partial charge in [-0.3, -0.25) is 10.4 Å². The zero-order chi connectivity index (χ0) is 18.9. The van der Waals surface area contributed by atoms with Crippen molar-refractivity contribution in [1.29, 1.82) is 0 Å². The highest BCUT2D eigenvalue weighted by molar-refractivity contribution is 5.87. The lowest BCUT2D eigenvalue weighted by molar-refractivity contribution is -0.497. The molecule has 0 aromatic heterocycles. The quantitative estimate of drug-likeness (QED) is 0.374. The Kier molecular flexibility index (Phi) is 7.12. The predicted octanol–water partition coefficient (Wildman–Crippen LogP) is 2.67. The molecule has 0 atom stereocenters. The molecule has 26 heavy (non-hydrogen) atoms. The summed E-state index contributed by atoms with van der Waals surface area (Å²) in [5, 5.41) is 26.1. The van der Waals surface area contributed by atoms with Gasteiger partial charge in [-0.15, -0.1) is 0 Å². The molecule has 0 amide bonds. The average Bonchev–Trinajstić information content (AvgIpc) is 2.64. The third-order valence-electron chi connectivity index (χ3n) is 3.37. The first-order valence-corrected chi connectivity index (χ1v) is 7.58. The Morgan fingerprint density at radius 1 is 1.08 bits per heavy atom. The van der Waals surface area contributed by atoms with Crippen LogP contribution in [0.25, 0.3) is 6.08 Å². The highest BCUT2D eigenvalue weighted by Crippen LogP contribution is 2.26. The zero-order valence-electron chi connectivity index (χ0n) is 14.0. The van der Waals surface area contributed by atoms with Gasteiger partial charge in [-0.05, 0) is 34.9 Å². The molecule has 0 heterocycles. The maximum Gasteiger partial charge on any atom is 0.331 e. The van der Waals surface area contributed by atoms with Gasteiger partial charge in [0.15, 0.2) is 11.5 Å². The fourth-order valence-electron chi connectivity index (χ4n) is 2.03. The molecule has 0 radical (unpaired) electrons. The lowest BCUT2D eigenvalue weighted by Crippen LogP contribution is -2.13. The molecule has 0 saturated heterocycles. The summed E-state index contributed by atoms with van der Waals surface area (Å²) in [4.78, 5) is 16.3. The van der Waals surface area contributed by atoms with Gasteiger partial charge in [0.1, 0.15) is 6.61 Å². The van der Waals surface area contributed by atoms with Gasteiger partial charge in [0, 0.05) is 6.08 Å². The lowest BCUT2D eigenvalue weighted by Gasteiger charge is -2.07. The van der Waals surface area contributed by atoms with Crippen LogP contribution in [0.15, 0.2) is 48.5 Å². The first-order valence-electron chi connectivity index (χ1n) is 7.58. The highest BCUT2D eigenvalue weighted by Gasteiger charge is 2.03. The number of phenolic OH excluding ortho intramolecular Hbond substituents is 1. The van der Waals surface area contributed by atoms with Crippen molar-refractivity contribution in [3.8, 4) is 11.5 Å². The van der Waals surface area contributed by atoms with Crippen LogP contribution in [0.2, 0.25) is 0 Å². The second-order valence-corrected chi connectivity index (χ2v) is 5.22. The molecule has 3 N–H and O–H groups in total. The Morgan fingerprint density at radius 3 is 2.35 bits per heavy atom. The fourth-order valence-corrected chi connectivity index (χ4v) is 2.03. The summed E-state index contributed by atoms with van der Waals surface area (Å²) in [6.07, 6.45) is 2.84. The molecule has 138 valence electrons. The van der Waals surface area contributed by atoms with E-state index in [2.05, 4.69) is 4.84 Å². The van der Waals surface area contributed by atoms with Gasteiger partial charge in [-0.1, -0.05) is 30.3 Å². The van der Waals surface area contributed by atoms with Crippen molar-refractivity contribution in [2.24, 2.45) is 0 Å². The van der Waals surface area contributed by atoms with Crippen LogP contribution in [-0.2, 0) is 27.6 Å². The summed E-state index contributed by atoms with van der Waals surface area (Å²) in [6.45, 7) is 0.0846. The van der Waals surface area contributed by atoms with Crippen molar-refractivity contribution in [2.45, 2.75) is 13.2 Å². The molecular formula is C18H19NO7. The van der Waals surface area contributed by atoms with Crippen LogP contribution in [-0.4, -0.2) is 34.0 Å². The average molecular weight is 361 g/mol. The van der Waals surface area contributed by atoms with E-state index in [-0.39, 0.29) is 24.4 Å². The number of methoxy groups -OCH3 is 1. The molecule has 0 unspecified atom stereocenters. The summed E-state index contributed by atoms with van der Waals surface area (Å²) < 4.78 is 10.1. The fraction of sp³-hybridized carbons (Fsp3) is 0.167. The van der Waals surface area contributed by atoms with Crippen LogP contribution >= 0.6 is 0 Å². The number of esters is 1. The number of rotatable bonds is 8. The Labute approximate surface area is 149 Å². The Hall–Kier alpha value is -2.91. The third kappa shape index (κ3) is 6.19. The molecule has 2 aromatic rings. The van der Waals surface area contributed by atoms with Crippen molar-refractivity contribution >= 4 is 12.0 Å². The zero-order valence-corrected chi connectivity index (χ0v) is 14.0. The summed E-state index contributed by atoms with van der Waals surface area (Å²) in [7, 11) is 1.44. The molecule has 0 aliphatic carbocycles. The Balaban J connectivity index is 1.84. The number of ether oxygens (including phenoxy) is 2. The molecule has 8 nitrogen and oxygen atoms in total. The van der Waals surface area contributed by atoms with Gasteiger partial charge in [0.2, 0.25) is 0 Å². The number of carbonyl (C=O) groups excluding carboxylic acids is 1. The first kappa shape index (κ1) is 19.4. The van der Waals surface area contributed by atoms with Gasteiger partial charge in [-0.25, -0.2) is 9.63 Å². The van der Waals surface area contributed by atoms with Gasteiger partial charge < -0.3 is 14.6 Å². The van der Waals surface area contributed by atoms with Gasteiger partial charge in [0.05, 0.1) is 19.1 Å². The minimum atomic E-state index is -0.513. The van der Waals surface area contributed by atoms with Gasteiger partial charge >= 0.3 is 5.97 Å². The van der Waals surface area contributed by atoms with Crippen molar-refractivity contribution in [1.82, 2.24) is 5.39 Å². The maximum atomic E-state index is 11.8. The minimum Gasteiger partial charge on any atom is -0.504 e. The number of aromatic hydroxyl groups is 1. The number of nitrogens with zero attached hydrogens (tertiary/aromatic N) is 1. The van der Waals surface area contributed by atoms with Crippen molar-refractivity contribution < 1.29 is 34.6 Å². The van der Waals surface area contributed by atoms with E-state index in [1.165, 1.54) is 19.3 Å². The molecule has 0 fully saturated rings. The summed E-state index contributed by atoms with van der Waals surface area (Å²) in [5.74, 6) is -0.178. The second-order valence-electron chi connectivity index (χ2n) is 5.22. The van der Waals surface area contributed by atoms with E-state index in [9.17, 15) is 9.90 Å². The molecular weight excluding hydrogens is 342 g/mol. The van der Waals surface area contributed by atoms with E-state index in [1.54, 1.807) is 42.5 Å².